The number of esters is 2. The first-order valence-corrected chi connectivity index (χ1v) is 11.5. The molecular weight excluding hydrogens is 368 g/mol. The van der Waals surface area contributed by atoms with Crippen LogP contribution in [0.15, 0.2) is 11.6 Å². The van der Waals surface area contributed by atoms with E-state index < -0.39 is 12.2 Å². The van der Waals surface area contributed by atoms with Crippen molar-refractivity contribution in [3.8, 4) is 0 Å². The quantitative estimate of drug-likeness (QED) is 0.242. The van der Waals surface area contributed by atoms with E-state index in [1.165, 1.54) is 19.3 Å². The van der Waals surface area contributed by atoms with Crippen LogP contribution >= 0.6 is 0 Å². The van der Waals surface area contributed by atoms with Gasteiger partial charge in [-0.1, -0.05) is 72.8 Å². The highest BCUT2D eigenvalue weighted by Gasteiger charge is 2.36. The Balaban J connectivity index is 2.50. The van der Waals surface area contributed by atoms with Crippen LogP contribution in [0.1, 0.15) is 92.4 Å². The molecule has 0 aromatic heterocycles. The van der Waals surface area contributed by atoms with E-state index in [0.717, 1.165) is 25.7 Å². The maximum absolute atomic E-state index is 12.2. The summed E-state index contributed by atoms with van der Waals surface area (Å²) in [6.07, 6.45) is 8.72. The zero-order valence-electron chi connectivity index (χ0n) is 19.1. The lowest BCUT2D eigenvalue weighted by atomic mass is 9.82. The van der Waals surface area contributed by atoms with E-state index in [9.17, 15) is 14.7 Å². The van der Waals surface area contributed by atoms with Crippen LogP contribution in [0, 0.1) is 17.8 Å². The van der Waals surface area contributed by atoms with Gasteiger partial charge in [-0.05, 0) is 30.6 Å². The van der Waals surface area contributed by atoms with Crippen LogP contribution < -0.4 is 0 Å². The number of allylic oxidation sites excluding steroid dienone is 1. The maximum atomic E-state index is 12.2. The normalized spacial score (nSPS) is 19.4. The second-order valence-electron chi connectivity index (χ2n) is 8.99. The number of hydrogen-bond donors (Lipinski definition) is 1. The van der Waals surface area contributed by atoms with Crippen LogP contribution in [-0.4, -0.2) is 35.9 Å². The molecule has 0 saturated carbocycles. The van der Waals surface area contributed by atoms with Gasteiger partial charge in [-0.15, -0.1) is 0 Å². The number of aliphatic hydroxyl groups excluding tert-OH is 1. The molecule has 1 aliphatic rings. The minimum atomic E-state index is -0.788. The predicted molar refractivity (Wildman–Crippen MR) is 115 cm³/mol. The van der Waals surface area contributed by atoms with Crippen molar-refractivity contribution in [1.29, 1.82) is 0 Å². The molecule has 1 N–H and O–H groups in total. The van der Waals surface area contributed by atoms with E-state index in [2.05, 4.69) is 34.6 Å². The Morgan fingerprint density at radius 1 is 1.14 bits per heavy atom. The highest BCUT2D eigenvalue weighted by atomic mass is 16.6. The van der Waals surface area contributed by atoms with Crippen molar-refractivity contribution in [1.82, 2.24) is 0 Å². The molecule has 1 saturated heterocycles. The lowest BCUT2D eigenvalue weighted by Crippen LogP contribution is -2.34. The van der Waals surface area contributed by atoms with E-state index in [-0.39, 0.29) is 18.5 Å². The van der Waals surface area contributed by atoms with E-state index in [4.69, 9.17) is 9.47 Å². The SMILES string of the molecule is CCCCCCCCC(=O)O[C@@H](CO)[C@@H]1C/C(=C/CC(C(C)C)C(C)C)C(=O)O1. The van der Waals surface area contributed by atoms with Gasteiger partial charge in [0.2, 0.25) is 0 Å². The summed E-state index contributed by atoms with van der Waals surface area (Å²) < 4.78 is 10.8. The van der Waals surface area contributed by atoms with Gasteiger partial charge in [0.1, 0.15) is 6.10 Å². The Kier molecular flexibility index (Phi) is 12.2. The van der Waals surface area contributed by atoms with Gasteiger partial charge < -0.3 is 14.6 Å². The van der Waals surface area contributed by atoms with Gasteiger partial charge >= 0.3 is 11.9 Å². The first-order chi connectivity index (χ1) is 13.8. The second kappa shape index (κ2) is 13.8. The standard InChI is InChI=1S/C24H42O5/c1-6-7-8-9-10-11-12-23(26)28-22(16-25)21-15-19(24(27)29-21)13-14-20(17(2)3)18(4)5/h13,17-18,20-22,25H,6-12,14-16H2,1-5H3/b19-13-/t21-,22-/m0/s1. The Morgan fingerprint density at radius 2 is 1.76 bits per heavy atom. The number of unbranched alkanes of at least 4 members (excludes halogenated alkanes) is 5. The third-order valence-electron chi connectivity index (χ3n) is 5.90. The van der Waals surface area contributed by atoms with Gasteiger partial charge in [0.15, 0.2) is 6.10 Å². The molecule has 0 radical (unpaired) electrons. The minimum absolute atomic E-state index is 0.326. The average molecular weight is 411 g/mol. The fourth-order valence-electron chi connectivity index (χ4n) is 4.03. The fraction of sp³-hybridized carbons (Fsp3) is 0.833. The number of cyclic esters (lactones) is 1. The average Bonchev–Trinajstić information content (AvgIpc) is 3.02. The molecule has 0 spiro atoms. The zero-order valence-corrected chi connectivity index (χ0v) is 19.1. The van der Waals surface area contributed by atoms with E-state index in [1.54, 1.807) is 0 Å². The van der Waals surface area contributed by atoms with Crippen molar-refractivity contribution < 1.29 is 24.2 Å². The summed E-state index contributed by atoms with van der Waals surface area (Å²) in [6, 6.07) is 0. The van der Waals surface area contributed by atoms with Crippen molar-refractivity contribution in [2.75, 3.05) is 6.61 Å². The van der Waals surface area contributed by atoms with Gasteiger partial charge in [-0.3, -0.25) is 4.79 Å². The number of ether oxygens (including phenoxy) is 2. The topological polar surface area (TPSA) is 72.8 Å². The monoisotopic (exact) mass is 410 g/mol. The molecule has 0 aromatic rings. The molecule has 1 rings (SSSR count). The highest BCUT2D eigenvalue weighted by Crippen LogP contribution is 2.29. The highest BCUT2D eigenvalue weighted by molar-refractivity contribution is 5.90. The van der Waals surface area contributed by atoms with Crippen LogP contribution in [-0.2, 0) is 19.1 Å². The Hall–Kier alpha value is -1.36. The van der Waals surface area contributed by atoms with Gasteiger partial charge in [-0.2, -0.15) is 0 Å². The lowest BCUT2D eigenvalue weighted by molar-refractivity contribution is -0.164. The van der Waals surface area contributed by atoms with E-state index in [1.807, 2.05) is 6.08 Å². The molecule has 29 heavy (non-hydrogen) atoms. The molecule has 0 unspecified atom stereocenters. The van der Waals surface area contributed by atoms with Crippen molar-refractivity contribution in [2.24, 2.45) is 17.8 Å². The maximum Gasteiger partial charge on any atom is 0.334 e. The summed E-state index contributed by atoms with van der Waals surface area (Å²) in [4.78, 5) is 24.3. The summed E-state index contributed by atoms with van der Waals surface area (Å²) >= 11 is 0. The first-order valence-electron chi connectivity index (χ1n) is 11.5. The Morgan fingerprint density at radius 3 is 2.34 bits per heavy atom. The Labute approximate surface area is 177 Å². The predicted octanol–water partition coefficient (Wildman–Crippen LogP) is 5.20. The van der Waals surface area contributed by atoms with E-state index in [0.29, 0.717) is 36.2 Å². The van der Waals surface area contributed by atoms with Crippen molar-refractivity contribution in [3.05, 3.63) is 11.6 Å². The van der Waals surface area contributed by atoms with Crippen molar-refractivity contribution in [2.45, 2.75) is 105 Å². The third kappa shape index (κ3) is 9.33. The molecule has 0 aromatic carbocycles. The van der Waals surface area contributed by atoms with Crippen LogP contribution in [0.5, 0.6) is 0 Å². The molecule has 0 aliphatic carbocycles. The lowest BCUT2D eigenvalue weighted by Gasteiger charge is -2.23. The number of hydrogen-bond acceptors (Lipinski definition) is 5. The summed E-state index contributed by atoms with van der Waals surface area (Å²) in [6.45, 7) is 10.6. The molecular formula is C24H42O5. The van der Waals surface area contributed by atoms with Gasteiger partial charge in [0, 0.05) is 18.4 Å². The third-order valence-corrected chi connectivity index (χ3v) is 5.90. The fourth-order valence-corrected chi connectivity index (χ4v) is 4.03. The molecule has 5 heteroatoms. The van der Waals surface area contributed by atoms with Gasteiger partial charge in [-0.25, -0.2) is 4.79 Å². The molecule has 1 aliphatic heterocycles. The summed E-state index contributed by atoms with van der Waals surface area (Å²) in [5.41, 5.74) is 0.631. The molecule has 1 heterocycles. The van der Waals surface area contributed by atoms with Crippen molar-refractivity contribution >= 4 is 11.9 Å². The largest absolute Gasteiger partial charge is 0.456 e. The number of carbonyl (C=O) groups excluding carboxylic acids is 2. The summed E-state index contributed by atoms with van der Waals surface area (Å²) in [5, 5.41) is 9.65. The summed E-state index contributed by atoms with van der Waals surface area (Å²) in [5.74, 6) is 0.888. The molecule has 1 fully saturated rings. The van der Waals surface area contributed by atoms with Gasteiger partial charge in [0.05, 0.1) is 6.61 Å². The number of rotatable bonds is 14. The molecule has 2 atom stereocenters. The second-order valence-corrected chi connectivity index (χ2v) is 8.99. The summed E-state index contributed by atoms with van der Waals surface area (Å²) in [7, 11) is 0. The molecule has 168 valence electrons. The zero-order chi connectivity index (χ0) is 21.8. The van der Waals surface area contributed by atoms with E-state index >= 15 is 0 Å². The smallest absolute Gasteiger partial charge is 0.334 e. The molecule has 5 nitrogen and oxygen atoms in total. The Bertz CT molecular complexity index is 515. The molecule has 0 amide bonds. The van der Waals surface area contributed by atoms with Crippen LogP contribution in [0.2, 0.25) is 0 Å². The number of carbonyl (C=O) groups is 2. The molecule has 0 bridgehead atoms. The van der Waals surface area contributed by atoms with Crippen molar-refractivity contribution in [3.63, 3.8) is 0 Å². The first kappa shape index (κ1) is 25.7. The van der Waals surface area contributed by atoms with Crippen LogP contribution in [0.3, 0.4) is 0 Å². The number of aliphatic hydroxyl groups is 1. The van der Waals surface area contributed by atoms with Crippen LogP contribution in [0.25, 0.3) is 0 Å². The van der Waals surface area contributed by atoms with Crippen LogP contribution in [0.4, 0.5) is 0 Å². The van der Waals surface area contributed by atoms with Gasteiger partial charge in [0.25, 0.3) is 0 Å². The minimum Gasteiger partial charge on any atom is -0.456 e.